The zero-order valence-electron chi connectivity index (χ0n) is 19.4. The van der Waals surface area contributed by atoms with Crippen molar-refractivity contribution in [3.8, 4) is 11.4 Å². The Morgan fingerprint density at radius 1 is 1.12 bits per heavy atom. The molecule has 1 atom stereocenters. The topological polar surface area (TPSA) is 74.0 Å². The van der Waals surface area contributed by atoms with E-state index in [-0.39, 0.29) is 0 Å². The highest BCUT2D eigenvalue weighted by molar-refractivity contribution is 5.97. The largest absolute Gasteiger partial charge is 0.495 e. The molecule has 0 aliphatic carbocycles. The predicted molar refractivity (Wildman–Crippen MR) is 127 cm³/mol. The second-order valence-electron chi connectivity index (χ2n) is 7.94. The minimum atomic E-state index is -0.711. The van der Waals surface area contributed by atoms with Crippen LogP contribution in [0.4, 0.5) is 0 Å². The number of hydrogen-bond donors (Lipinski definition) is 0. The number of methoxy groups -OCH3 is 2. The van der Waals surface area contributed by atoms with Crippen molar-refractivity contribution in [3.63, 3.8) is 0 Å². The number of aryl methyl sites for hydroxylation is 1. The summed E-state index contributed by atoms with van der Waals surface area (Å²) in [5, 5.41) is 4.40. The molecule has 0 fully saturated rings. The van der Waals surface area contributed by atoms with Gasteiger partial charge in [0.1, 0.15) is 5.75 Å². The fourth-order valence-corrected chi connectivity index (χ4v) is 3.87. The molecule has 0 saturated heterocycles. The van der Waals surface area contributed by atoms with Crippen LogP contribution in [0.3, 0.4) is 0 Å². The van der Waals surface area contributed by atoms with Gasteiger partial charge in [0, 0.05) is 51.3 Å². The third-order valence-corrected chi connectivity index (χ3v) is 5.67. The third-order valence-electron chi connectivity index (χ3n) is 5.67. The Morgan fingerprint density at radius 3 is 2.64 bits per heavy atom. The van der Waals surface area contributed by atoms with Crippen molar-refractivity contribution in [2.75, 3.05) is 27.4 Å². The van der Waals surface area contributed by atoms with Crippen LogP contribution < -0.4 is 4.74 Å². The molecule has 4 rings (SSSR count). The van der Waals surface area contributed by atoms with Crippen molar-refractivity contribution < 1.29 is 14.3 Å². The van der Waals surface area contributed by atoms with Gasteiger partial charge in [0.25, 0.3) is 0 Å². The number of oxime groups is 1. The highest BCUT2D eigenvalue weighted by Gasteiger charge is 2.42. The van der Waals surface area contributed by atoms with E-state index in [2.05, 4.69) is 20.0 Å². The molecule has 33 heavy (non-hydrogen) atoms. The Balaban J connectivity index is 1.58. The van der Waals surface area contributed by atoms with E-state index < -0.39 is 5.72 Å². The summed E-state index contributed by atoms with van der Waals surface area (Å²) >= 11 is 0. The van der Waals surface area contributed by atoms with Gasteiger partial charge in [-0.25, -0.2) is 4.98 Å². The first kappa shape index (κ1) is 22.5. The van der Waals surface area contributed by atoms with E-state index in [1.807, 2.05) is 67.1 Å². The Labute approximate surface area is 194 Å². The number of imidazole rings is 1. The van der Waals surface area contributed by atoms with Gasteiger partial charge < -0.3 is 23.8 Å². The van der Waals surface area contributed by atoms with Crippen LogP contribution in [0.5, 0.6) is 5.75 Å². The second kappa shape index (κ2) is 9.87. The minimum absolute atomic E-state index is 0.659. The lowest BCUT2D eigenvalue weighted by molar-refractivity contribution is -0.0915. The van der Waals surface area contributed by atoms with Gasteiger partial charge in [0.15, 0.2) is 5.84 Å². The molecule has 0 radical (unpaired) electrons. The first-order valence-corrected chi connectivity index (χ1v) is 10.9. The van der Waals surface area contributed by atoms with E-state index in [0.717, 1.165) is 47.1 Å². The molecule has 172 valence electrons. The number of hydrogen-bond acceptors (Lipinski definition) is 7. The van der Waals surface area contributed by atoms with Gasteiger partial charge in [-0.2, -0.15) is 0 Å². The number of amidine groups is 1. The standard InChI is InChI=1S/C25H29N5O3/c1-19-17-29(18-27-19)22-8-6-20(16-23(22)32-4)7-9-24-28-33-25(2,21-10-12-26-13-11-21)30(24)14-5-15-31-3/h6-13,16-18H,5,14-15H2,1-4H3. The van der Waals surface area contributed by atoms with E-state index in [4.69, 9.17) is 14.3 Å². The van der Waals surface area contributed by atoms with Crippen LogP contribution >= 0.6 is 0 Å². The molecule has 2 aromatic heterocycles. The van der Waals surface area contributed by atoms with E-state index in [1.54, 1.807) is 32.9 Å². The average Bonchev–Trinajstić information content (AvgIpc) is 3.42. The van der Waals surface area contributed by atoms with Crippen molar-refractivity contribution in [2.45, 2.75) is 26.0 Å². The highest BCUT2D eigenvalue weighted by Crippen LogP contribution is 2.35. The van der Waals surface area contributed by atoms with Crippen LogP contribution in [0.1, 0.15) is 30.2 Å². The molecule has 0 bridgehead atoms. The van der Waals surface area contributed by atoms with Crippen molar-refractivity contribution >= 4 is 11.9 Å². The highest BCUT2D eigenvalue weighted by atomic mass is 16.7. The molecule has 0 N–H and O–H groups in total. The molecule has 8 heteroatoms. The van der Waals surface area contributed by atoms with Gasteiger partial charge in [0.2, 0.25) is 5.72 Å². The van der Waals surface area contributed by atoms with Crippen LogP contribution in [-0.2, 0) is 15.3 Å². The molecule has 0 amide bonds. The van der Waals surface area contributed by atoms with Gasteiger partial charge in [-0.15, -0.1) is 0 Å². The maximum atomic E-state index is 5.95. The van der Waals surface area contributed by atoms with Crippen LogP contribution in [0, 0.1) is 6.92 Å². The van der Waals surface area contributed by atoms with Crippen LogP contribution in [0.15, 0.2) is 66.5 Å². The van der Waals surface area contributed by atoms with Crippen molar-refractivity contribution in [1.29, 1.82) is 0 Å². The van der Waals surface area contributed by atoms with Gasteiger partial charge in [-0.05, 0) is 49.2 Å². The summed E-state index contributed by atoms with van der Waals surface area (Å²) in [6.45, 7) is 5.37. The smallest absolute Gasteiger partial charge is 0.234 e. The molecule has 0 spiro atoms. The quantitative estimate of drug-likeness (QED) is 0.459. The van der Waals surface area contributed by atoms with Crippen molar-refractivity contribution in [3.05, 3.63) is 78.1 Å². The van der Waals surface area contributed by atoms with E-state index in [9.17, 15) is 0 Å². The maximum Gasteiger partial charge on any atom is 0.234 e. The maximum absolute atomic E-state index is 5.95. The van der Waals surface area contributed by atoms with Gasteiger partial charge in [-0.3, -0.25) is 4.98 Å². The zero-order valence-corrected chi connectivity index (χ0v) is 19.4. The average molecular weight is 448 g/mol. The molecule has 1 aliphatic rings. The van der Waals surface area contributed by atoms with Gasteiger partial charge >= 0.3 is 0 Å². The molecular formula is C25H29N5O3. The first-order valence-electron chi connectivity index (χ1n) is 10.9. The zero-order chi connectivity index (χ0) is 23.3. The third kappa shape index (κ3) is 4.75. The van der Waals surface area contributed by atoms with Crippen LogP contribution in [0.2, 0.25) is 0 Å². The second-order valence-corrected chi connectivity index (χ2v) is 7.94. The van der Waals surface area contributed by atoms with Gasteiger partial charge in [-0.1, -0.05) is 17.3 Å². The predicted octanol–water partition coefficient (Wildman–Crippen LogP) is 4.15. The SMILES string of the molecule is COCCCN1C(C=Cc2ccc(-n3cnc(C)c3)c(OC)c2)=NOC1(C)c1ccncc1. The number of pyridine rings is 1. The molecular weight excluding hydrogens is 418 g/mol. The number of nitrogens with zero attached hydrogens (tertiary/aromatic N) is 5. The van der Waals surface area contributed by atoms with Crippen LogP contribution in [-0.4, -0.2) is 52.6 Å². The summed E-state index contributed by atoms with van der Waals surface area (Å²) < 4.78 is 12.8. The number of rotatable bonds is 9. The van der Waals surface area contributed by atoms with Crippen LogP contribution in [0.25, 0.3) is 11.8 Å². The Kier molecular flexibility index (Phi) is 6.74. The molecule has 1 unspecified atom stereocenters. The number of aromatic nitrogens is 3. The molecule has 1 aromatic carbocycles. The lowest BCUT2D eigenvalue weighted by Crippen LogP contribution is -2.44. The van der Waals surface area contributed by atoms with Gasteiger partial charge in [0.05, 0.1) is 24.8 Å². The molecule has 0 saturated carbocycles. The Hall–Kier alpha value is -3.65. The van der Waals surface area contributed by atoms with E-state index >= 15 is 0 Å². The summed E-state index contributed by atoms with van der Waals surface area (Å²) in [6.07, 6.45) is 12.1. The lowest BCUT2D eigenvalue weighted by Gasteiger charge is -2.34. The fraction of sp³-hybridized carbons (Fsp3) is 0.320. The summed E-state index contributed by atoms with van der Waals surface area (Å²) in [6, 6.07) is 9.95. The summed E-state index contributed by atoms with van der Waals surface area (Å²) in [5.41, 5.74) is 3.15. The lowest BCUT2D eigenvalue weighted by atomic mass is 10.0. The van der Waals surface area contributed by atoms with E-state index in [1.165, 1.54) is 0 Å². The Morgan fingerprint density at radius 2 is 1.94 bits per heavy atom. The molecule has 1 aliphatic heterocycles. The minimum Gasteiger partial charge on any atom is -0.495 e. The Bertz CT molecular complexity index is 1140. The summed E-state index contributed by atoms with van der Waals surface area (Å²) in [7, 11) is 3.38. The molecule has 3 aromatic rings. The number of ether oxygens (including phenoxy) is 2. The van der Waals surface area contributed by atoms with Crippen molar-refractivity contribution in [1.82, 2.24) is 19.4 Å². The van der Waals surface area contributed by atoms with Crippen molar-refractivity contribution in [2.24, 2.45) is 5.16 Å². The monoisotopic (exact) mass is 447 g/mol. The summed E-state index contributed by atoms with van der Waals surface area (Å²) in [5.74, 6) is 1.51. The molecule has 8 nitrogen and oxygen atoms in total. The first-order chi connectivity index (χ1) is 16.0. The van der Waals surface area contributed by atoms with E-state index in [0.29, 0.717) is 6.61 Å². The number of benzene rings is 1. The fourth-order valence-electron chi connectivity index (χ4n) is 3.87. The normalized spacial score (nSPS) is 17.9. The summed E-state index contributed by atoms with van der Waals surface area (Å²) in [4.78, 5) is 16.5. The molecule has 3 heterocycles.